The van der Waals surface area contributed by atoms with Crippen LogP contribution in [0.2, 0.25) is 0 Å². The van der Waals surface area contributed by atoms with Gasteiger partial charge in [-0.25, -0.2) is 0 Å². The summed E-state index contributed by atoms with van der Waals surface area (Å²) in [6, 6.07) is -0.291. The molecule has 0 aromatic heterocycles. The van der Waals surface area contributed by atoms with E-state index in [1.165, 1.54) is 0 Å². The number of rotatable bonds is 7. The molecule has 0 aromatic rings. The molecule has 1 unspecified atom stereocenters. The lowest BCUT2D eigenvalue weighted by Crippen LogP contribution is -2.70. The number of carbonyl (C=O) groups excluding carboxylic acids is 2. The maximum atomic E-state index is 12.9. The Morgan fingerprint density at radius 3 is 2.25 bits per heavy atom. The molecule has 4 heteroatoms. The number of amides is 2. The van der Waals surface area contributed by atoms with Gasteiger partial charge in [0.15, 0.2) is 0 Å². The van der Waals surface area contributed by atoms with Crippen LogP contribution in [0.25, 0.3) is 0 Å². The highest BCUT2D eigenvalue weighted by atomic mass is 16.2. The molecule has 116 valence electrons. The number of nitrogens with zero attached hydrogens (tertiary/aromatic N) is 1. The molecule has 1 aliphatic rings. The Hall–Kier alpha value is -1.06. The van der Waals surface area contributed by atoms with Crippen LogP contribution >= 0.6 is 0 Å². The first-order chi connectivity index (χ1) is 9.41. The van der Waals surface area contributed by atoms with Gasteiger partial charge < -0.3 is 10.2 Å². The van der Waals surface area contributed by atoms with E-state index in [0.29, 0.717) is 25.3 Å². The third kappa shape index (κ3) is 3.33. The standard InChI is InChI=1S/C16H30N2O2/c1-6-9-10-18-13(11-12(4)5)14(19)17-16(7-2,8-3)15(18)20/h12-13H,6-11H2,1-5H3,(H,17,19). The second-order valence-electron chi connectivity index (χ2n) is 6.28. The molecule has 2 amide bonds. The van der Waals surface area contributed by atoms with Crippen molar-refractivity contribution in [3.63, 3.8) is 0 Å². The first-order valence-electron chi connectivity index (χ1n) is 8.04. The Kier molecular flexibility index (Phi) is 6.03. The molecule has 1 rings (SSSR count). The van der Waals surface area contributed by atoms with E-state index in [0.717, 1.165) is 19.3 Å². The lowest BCUT2D eigenvalue weighted by atomic mass is 9.85. The second-order valence-corrected chi connectivity index (χ2v) is 6.28. The number of hydrogen-bond acceptors (Lipinski definition) is 2. The minimum absolute atomic E-state index is 0.0260. The lowest BCUT2D eigenvalue weighted by molar-refractivity contribution is -0.156. The normalized spacial score (nSPS) is 22.3. The van der Waals surface area contributed by atoms with Crippen LogP contribution in [-0.4, -0.2) is 34.8 Å². The summed E-state index contributed by atoms with van der Waals surface area (Å²) < 4.78 is 0. The van der Waals surface area contributed by atoms with Gasteiger partial charge in [-0.2, -0.15) is 0 Å². The molecule has 0 aromatic carbocycles. The summed E-state index contributed by atoms with van der Waals surface area (Å²) in [6.45, 7) is 10.9. The number of carbonyl (C=O) groups is 2. The summed E-state index contributed by atoms with van der Waals surface area (Å²) in [7, 11) is 0. The van der Waals surface area contributed by atoms with E-state index in [1.54, 1.807) is 0 Å². The smallest absolute Gasteiger partial charge is 0.248 e. The van der Waals surface area contributed by atoms with E-state index in [1.807, 2.05) is 18.7 Å². The first-order valence-corrected chi connectivity index (χ1v) is 8.04. The van der Waals surface area contributed by atoms with E-state index in [4.69, 9.17) is 0 Å². The minimum atomic E-state index is -0.682. The highest BCUT2D eigenvalue weighted by molar-refractivity contribution is 5.99. The molecular weight excluding hydrogens is 252 g/mol. The monoisotopic (exact) mass is 282 g/mol. The molecule has 0 radical (unpaired) electrons. The molecule has 1 fully saturated rings. The molecule has 1 N–H and O–H groups in total. The molecule has 20 heavy (non-hydrogen) atoms. The third-order valence-corrected chi connectivity index (χ3v) is 4.37. The molecule has 0 spiro atoms. The van der Waals surface area contributed by atoms with Gasteiger partial charge in [0.25, 0.3) is 0 Å². The molecular formula is C16H30N2O2. The SMILES string of the molecule is CCCCN1C(=O)C(CC)(CC)NC(=O)C1CC(C)C. The van der Waals surface area contributed by atoms with E-state index in [9.17, 15) is 9.59 Å². The quantitative estimate of drug-likeness (QED) is 0.780. The van der Waals surface area contributed by atoms with Gasteiger partial charge in [-0.1, -0.05) is 41.0 Å². The van der Waals surface area contributed by atoms with Crippen molar-refractivity contribution in [2.45, 2.75) is 78.3 Å². The number of piperazine rings is 1. The predicted molar refractivity (Wildman–Crippen MR) is 81.3 cm³/mol. The number of unbranched alkanes of at least 4 members (excludes halogenated alkanes) is 1. The fraction of sp³-hybridized carbons (Fsp3) is 0.875. The van der Waals surface area contributed by atoms with Crippen molar-refractivity contribution in [1.29, 1.82) is 0 Å². The van der Waals surface area contributed by atoms with E-state index >= 15 is 0 Å². The van der Waals surface area contributed by atoms with Crippen molar-refractivity contribution in [3.8, 4) is 0 Å². The van der Waals surface area contributed by atoms with Crippen molar-refractivity contribution in [1.82, 2.24) is 10.2 Å². The van der Waals surface area contributed by atoms with Crippen molar-refractivity contribution >= 4 is 11.8 Å². The Morgan fingerprint density at radius 1 is 1.20 bits per heavy atom. The summed E-state index contributed by atoms with van der Waals surface area (Å²) in [6.07, 6.45) is 4.04. The predicted octanol–water partition coefficient (Wildman–Crippen LogP) is 2.72. The summed E-state index contributed by atoms with van der Waals surface area (Å²) in [5.74, 6) is 0.540. The largest absolute Gasteiger partial charge is 0.340 e. The Labute approximate surface area is 123 Å². The fourth-order valence-electron chi connectivity index (χ4n) is 2.93. The van der Waals surface area contributed by atoms with Crippen LogP contribution in [0.1, 0.15) is 66.7 Å². The van der Waals surface area contributed by atoms with E-state index in [-0.39, 0.29) is 17.9 Å². The maximum absolute atomic E-state index is 12.9. The molecule has 1 saturated heterocycles. The average molecular weight is 282 g/mol. The van der Waals surface area contributed by atoms with Crippen molar-refractivity contribution in [2.24, 2.45) is 5.92 Å². The molecule has 1 aliphatic heterocycles. The summed E-state index contributed by atoms with van der Waals surface area (Å²) >= 11 is 0. The molecule has 4 nitrogen and oxygen atoms in total. The van der Waals surface area contributed by atoms with Crippen molar-refractivity contribution < 1.29 is 9.59 Å². The molecule has 1 heterocycles. The zero-order valence-corrected chi connectivity index (χ0v) is 13.7. The summed E-state index contributed by atoms with van der Waals surface area (Å²) in [5.41, 5.74) is -0.682. The van der Waals surface area contributed by atoms with Gasteiger partial charge in [-0.15, -0.1) is 0 Å². The van der Waals surface area contributed by atoms with Crippen LogP contribution in [0.3, 0.4) is 0 Å². The van der Waals surface area contributed by atoms with Crippen molar-refractivity contribution in [3.05, 3.63) is 0 Å². The Morgan fingerprint density at radius 2 is 1.80 bits per heavy atom. The van der Waals surface area contributed by atoms with Crippen molar-refractivity contribution in [2.75, 3.05) is 6.54 Å². The summed E-state index contributed by atoms with van der Waals surface area (Å²) in [5, 5.41) is 3.01. The van der Waals surface area contributed by atoms with Gasteiger partial charge in [0, 0.05) is 6.54 Å². The molecule has 0 bridgehead atoms. The highest BCUT2D eigenvalue weighted by Gasteiger charge is 2.48. The van der Waals surface area contributed by atoms with Crippen LogP contribution in [0, 0.1) is 5.92 Å². The van der Waals surface area contributed by atoms with Crippen LogP contribution in [0.4, 0.5) is 0 Å². The van der Waals surface area contributed by atoms with Crippen LogP contribution in [0.15, 0.2) is 0 Å². The van der Waals surface area contributed by atoms with Crippen LogP contribution in [-0.2, 0) is 9.59 Å². The van der Waals surface area contributed by atoms with Gasteiger partial charge in [0.1, 0.15) is 11.6 Å². The average Bonchev–Trinajstić information content (AvgIpc) is 2.42. The topological polar surface area (TPSA) is 49.4 Å². The van der Waals surface area contributed by atoms with Gasteiger partial charge >= 0.3 is 0 Å². The second kappa shape index (κ2) is 7.09. The van der Waals surface area contributed by atoms with Crippen LogP contribution in [0.5, 0.6) is 0 Å². The summed E-state index contributed by atoms with van der Waals surface area (Å²) in [4.78, 5) is 27.2. The molecule has 1 atom stereocenters. The third-order valence-electron chi connectivity index (χ3n) is 4.37. The van der Waals surface area contributed by atoms with Gasteiger partial charge in [0.2, 0.25) is 11.8 Å². The minimum Gasteiger partial charge on any atom is -0.340 e. The van der Waals surface area contributed by atoms with E-state index in [2.05, 4.69) is 26.1 Å². The fourth-order valence-corrected chi connectivity index (χ4v) is 2.93. The Balaban J connectivity index is 3.03. The highest BCUT2D eigenvalue weighted by Crippen LogP contribution is 2.27. The lowest BCUT2D eigenvalue weighted by Gasteiger charge is -2.46. The number of nitrogens with one attached hydrogen (secondary N) is 1. The molecule has 0 saturated carbocycles. The molecule has 0 aliphatic carbocycles. The maximum Gasteiger partial charge on any atom is 0.248 e. The first kappa shape index (κ1) is 17.0. The van der Waals surface area contributed by atoms with Gasteiger partial charge in [-0.3, -0.25) is 9.59 Å². The van der Waals surface area contributed by atoms with Gasteiger partial charge in [-0.05, 0) is 31.6 Å². The van der Waals surface area contributed by atoms with Gasteiger partial charge in [0.05, 0.1) is 0 Å². The van der Waals surface area contributed by atoms with Crippen LogP contribution < -0.4 is 5.32 Å². The zero-order chi connectivity index (χ0) is 15.3. The zero-order valence-electron chi connectivity index (χ0n) is 13.7. The Bertz CT molecular complexity index is 348. The van der Waals surface area contributed by atoms with E-state index < -0.39 is 5.54 Å². The number of hydrogen-bond donors (Lipinski definition) is 1.